The lowest BCUT2D eigenvalue weighted by molar-refractivity contribution is 0.447. The van der Waals surface area contributed by atoms with Gasteiger partial charge < -0.3 is 15.3 Å². The molecule has 0 amide bonds. The molecule has 17 heavy (non-hydrogen) atoms. The Morgan fingerprint density at radius 2 is 1.53 bits per heavy atom. The number of hydrogen-bond donors (Lipinski definition) is 3. The molecular formula is C14H14O3. The molecular weight excluding hydrogens is 216 g/mol. The van der Waals surface area contributed by atoms with Crippen LogP contribution >= 0.6 is 0 Å². The zero-order valence-corrected chi connectivity index (χ0v) is 9.51. The smallest absolute Gasteiger partial charge is 0.127 e. The SMILES string of the molecule is CCc1cc(-c2ccc(O)cc2)c(O)cc1O. The number of phenols is 3. The highest BCUT2D eigenvalue weighted by Gasteiger charge is 2.09. The van der Waals surface area contributed by atoms with Crippen molar-refractivity contribution in [3.63, 3.8) is 0 Å². The highest BCUT2D eigenvalue weighted by Crippen LogP contribution is 2.35. The lowest BCUT2D eigenvalue weighted by atomic mass is 10.00. The zero-order valence-electron chi connectivity index (χ0n) is 9.51. The standard InChI is InChI=1S/C14H14O3/c1-2-9-7-12(14(17)8-13(9)16)10-3-5-11(15)6-4-10/h3-8,15-17H,2H2,1H3. The van der Waals surface area contributed by atoms with E-state index in [0.717, 1.165) is 11.1 Å². The third kappa shape index (κ3) is 2.18. The molecule has 0 unspecified atom stereocenters. The van der Waals surface area contributed by atoms with Crippen molar-refractivity contribution in [2.24, 2.45) is 0 Å². The molecule has 3 heteroatoms. The number of hydrogen-bond acceptors (Lipinski definition) is 3. The number of rotatable bonds is 2. The summed E-state index contributed by atoms with van der Waals surface area (Å²) in [5, 5.41) is 28.6. The van der Waals surface area contributed by atoms with Gasteiger partial charge in [0.15, 0.2) is 0 Å². The van der Waals surface area contributed by atoms with E-state index in [1.54, 1.807) is 30.3 Å². The minimum absolute atomic E-state index is 0.0328. The Labute approximate surface area is 99.6 Å². The van der Waals surface area contributed by atoms with Crippen molar-refractivity contribution < 1.29 is 15.3 Å². The van der Waals surface area contributed by atoms with E-state index in [4.69, 9.17) is 0 Å². The maximum absolute atomic E-state index is 9.81. The molecule has 3 nitrogen and oxygen atoms in total. The Hall–Kier alpha value is -2.16. The first kappa shape index (κ1) is 11.3. The second-order valence-electron chi connectivity index (χ2n) is 3.90. The third-order valence-electron chi connectivity index (χ3n) is 2.76. The van der Waals surface area contributed by atoms with Crippen LogP contribution in [0, 0.1) is 0 Å². The van der Waals surface area contributed by atoms with Crippen molar-refractivity contribution >= 4 is 0 Å². The molecule has 0 bridgehead atoms. The number of aryl methyl sites for hydroxylation is 1. The van der Waals surface area contributed by atoms with Crippen molar-refractivity contribution in [1.82, 2.24) is 0 Å². The second kappa shape index (κ2) is 4.37. The van der Waals surface area contributed by atoms with Crippen LogP contribution in [0.15, 0.2) is 36.4 Å². The minimum Gasteiger partial charge on any atom is -0.508 e. The first-order valence-corrected chi connectivity index (χ1v) is 5.46. The summed E-state index contributed by atoms with van der Waals surface area (Å²) in [6.45, 7) is 1.94. The Balaban J connectivity index is 2.55. The number of phenolic OH excluding ortho intramolecular Hbond substituents is 3. The number of aromatic hydroxyl groups is 3. The minimum atomic E-state index is 0.0328. The predicted molar refractivity (Wildman–Crippen MR) is 66.3 cm³/mol. The van der Waals surface area contributed by atoms with Crippen LogP contribution in [0.3, 0.4) is 0 Å². The summed E-state index contributed by atoms with van der Waals surface area (Å²) >= 11 is 0. The van der Waals surface area contributed by atoms with Crippen LogP contribution in [0.1, 0.15) is 12.5 Å². The fourth-order valence-corrected chi connectivity index (χ4v) is 1.78. The maximum atomic E-state index is 9.81. The molecule has 88 valence electrons. The van der Waals surface area contributed by atoms with E-state index in [2.05, 4.69) is 0 Å². The van der Waals surface area contributed by atoms with Crippen molar-refractivity contribution in [3.05, 3.63) is 42.0 Å². The van der Waals surface area contributed by atoms with Gasteiger partial charge in [0.05, 0.1) is 0 Å². The summed E-state index contributed by atoms with van der Waals surface area (Å²) in [5.74, 6) is 0.320. The molecule has 2 aromatic rings. The lowest BCUT2D eigenvalue weighted by Crippen LogP contribution is -1.85. The van der Waals surface area contributed by atoms with E-state index in [9.17, 15) is 15.3 Å². The molecule has 0 saturated heterocycles. The van der Waals surface area contributed by atoms with Crippen LogP contribution in [0.2, 0.25) is 0 Å². The lowest BCUT2D eigenvalue weighted by Gasteiger charge is -2.09. The third-order valence-corrected chi connectivity index (χ3v) is 2.76. The van der Waals surface area contributed by atoms with Crippen LogP contribution in [0.5, 0.6) is 17.2 Å². The van der Waals surface area contributed by atoms with Crippen LogP contribution < -0.4 is 0 Å². The molecule has 0 heterocycles. The summed E-state index contributed by atoms with van der Waals surface area (Å²) in [7, 11) is 0. The van der Waals surface area contributed by atoms with E-state index >= 15 is 0 Å². The van der Waals surface area contributed by atoms with Crippen LogP contribution in [-0.2, 0) is 6.42 Å². The van der Waals surface area contributed by atoms with Crippen molar-refractivity contribution in [1.29, 1.82) is 0 Å². The van der Waals surface area contributed by atoms with Gasteiger partial charge in [-0.25, -0.2) is 0 Å². The molecule has 2 aromatic carbocycles. The van der Waals surface area contributed by atoms with Gasteiger partial charge in [-0.15, -0.1) is 0 Å². The molecule has 0 aliphatic carbocycles. The highest BCUT2D eigenvalue weighted by molar-refractivity contribution is 5.72. The summed E-state index contributed by atoms with van der Waals surface area (Å²) in [4.78, 5) is 0. The second-order valence-corrected chi connectivity index (χ2v) is 3.90. The Morgan fingerprint density at radius 1 is 0.882 bits per heavy atom. The van der Waals surface area contributed by atoms with Crippen molar-refractivity contribution in [3.8, 4) is 28.4 Å². The van der Waals surface area contributed by atoms with Crippen molar-refractivity contribution in [2.75, 3.05) is 0 Å². The summed E-state index contributed by atoms with van der Waals surface area (Å²) in [5.41, 5.74) is 2.24. The fourth-order valence-electron chi connectivity index (χ4n) is 1.78. The molecule has 0 aliphatic heterocycles. The monoisotopic (exact) mass is 230 g/mol. The van der Waals surface area contributed by atoms with Gasteiger partial charge in [0.2, 0.25) is 0 Å². The van der Waals surface area contributed by atoms with Gasteiger partial charge in [-0.2, -0.15) is 0 Å². The van der Waals surface area contributed by atoms with Gasteiger partial charge in [0.25, 0.3) is 0 Å². The first-order chi connectivity index (χ1) is 8.11. The molecule has 0 radical (unpaired) electrons. The maximum Gasteiger partial charge on any atom is 0.127 e. The average Bonchev–Trinajstić information content (AvgIpc) is 2.31. The molecule has 0 aliphatic rings. The normalized spacial score (nSPS) is 10.4. The first-order valence-electron chi connectivity index (χ1n) is 5.46. The molecule has 0 spiro atoms. The van der Waals surface area contributed by atoms with Gasteiger partial charge in [0.1, 0.15) is 17.2 Å². The van der Waals surface area contributed by atoms with E-state index in [1.165, 1.54) is 6.07 Å². The van der Waals surface area contributed by atoms with Gasteiger partial charge in [-0.1, -0.05) is 19.1 Å². The van der Waals surface area contributed by atoms with Gasteiger partial charge in [-0.3, -0.25) is 0 Å². The largest absolute Gasteiger partial charge is 0.508 e. The van der Waals surface area contributed by atoms with Crippen LogP contribution in [-0.4, -0.2) is 15.3 Å². The van der Waals surface area contributed by atoms with E-state index in [-0.39, 0.29) is 17.2 Å². The van der Waals surface area contributed by atoms with Crippen LogP contribution in [0.4, 0.5) is 0 Å². The Kier molecular flexibility index (Phi) is 2.91. The topological polar surface area (TPSA) is 60.7 Å². The molecule has 0 saturated carbocycles. The quantitative estimate of drug-likeness (QED) is 0.743. The van der Waals surface area contributed by atoms with Gasteiger partial charge >= 0.3 is 0 Å². The zero-order chi connectivity index (χ0) is 12.4. The van der Waals surface area contributed by atoms with Crippen molar-refractivity contribution in [2.45, 2.75) is 13.3 Å². The van der Waals surface area contributed by atoms with Gasteiger partial charge in [-0.05, 0) is 35.7 Å². The summed E-state index contributed by atoms with van der Waals surface area (Å²) in [6, 6.07) is 9.68. The molecule has 2 rings (SSSR count). The Morgan fingerprint density at radius 3 is 2.12 bits per heavy atom. The summed E-state index contributed by atoms with van der Waals surface area (Å²) in [6.07, 6.45) is 0.692. The molecule has 0 atom stereocenters. The summed E-state index contributed by atoms with van der Waals surface area (Å²) < 4.78 is 0. The Bertz CT molecular complexity index is 530. The fraction of sp³-hybridized carbons (Fsp3) is 0.143. The highest BCUT2D eigenvalue weighted by atomic mass is 16.3. The molecule has 0 fully saturated rings. The van der Waals surface area contributed by atoms with E-state index < -0.39 is 0 Å². The average molecular weight is 230 g/mol. The molecule has 0 aromatic heterocycles. The van der Waals surface area contributed by atoms with E-state index in [0.29, 0.717) is 12.0 Å². The molecule has 3 N–H and O–H groups in total. The van der Waals surface area contributed by atoms with Crippen LogP contribution in [0.25, 0.3) is 11.1 Å². The van der Waals surface area contributed by atoms with Gasteiger partial charge in [0, 0.05) is 11.6 Å². The predicted octanol–water partition coefficient (Wildman–Crippen LogP) is 3.03. The van der Waals surface area contributed by atoms with E-state index in [1.807, 2.05) is 6.92 Å². The number of benzene rings is 2.